The van der Waals surface area contributed by atoms with E-state index in [1.54, 1.807) is 23.1 Å². The topological polar surface area (TPSA) is 59.8 Å². The second kappa shape index (κ2) is 7.87. The first-order valence-electron chi connectivity index (χ1n) is 9.37. The molecule has 150 valence electrons. The minimum Gasteiger partial charge on any atom is -0.483 e. The highest BCUT2D eigenvalue weighted by molar-refractivity contribution is 6.33. The zero-order chi connectivity index (χ0) is 20.5. The molecule has 1 aliphatic heterocycles. The van der Waals surface area contributed by atoms with Gasteiger partial charge in [0, 0.05) is 49.4 Å². The maximum Gasteiger partial charge on any atom is 0.379 e. The Balaban J connectivity index is 1.80. The van der Waals surface area contributed by atoms with Crippen LogP contribution in [0.1, 0.15) is 19.8 Å². The Hall–Kier alpha value is -2.86. The monoisotopic (exact) mass is 415 g/mol. The predicted octanol–water partition coefficient (Wildman–Crippen LogP) is 4.64. The quantitative estimate of drug-likeness (QED) is 0.584. The molecule has 1 aromatic heterocycles. The van der Waals surface area contributed by atoms with E-state index in [2.05, 4.69) is 0 Å². The molecule has 0 atom stereocenters. The highest BCUT2D eigenvalue weighted by Gasteiger charge is 2.26. The lowest BCUT2D eigenvalue weighted by atomic mass is 10.0. The fourth-order valence-corrected chi connectivity index (χ4v) is 3.92. The Kier molecular flexibility index (Phi) is 5.28. The molecule has 0 bridgehead atoms. The summed E-state index contributed by atoms with van der Waals surface area (Å²) in [5.74, 6) is -0.393. The normalized spacial score (nSPS) is 14.9. The number of para-hydroxylation sites is 1. The average Bonchev–Trinajstić information content (AvgIpc) is 2.70. The number of halogens is 2. The fraction of sp³-hybridized carbons (Fsp3) is 0.273. The van der Waals surface area contributed by atoms with Crippen LogP contribution in [0, 0.1) is 5.82 Å². The highest BCUT2D eigenvalue weighted by atomic mass is 35.5. The molecule has 4 rings (SSSR count). The minimum absolute atomic E-state index is 0.0208. The molecule has 1 amide bonds. The van der Waals surface area contributed by atoms with E-state index in [4.69, 9.17) is 20.8 Å². The first-order valence-corrected chi connectivity index (χ1v) is 9.75. The standard InChI is InChI=1S/C22H19ClFNO4/c1-13(26)25-10-8-15(9-11-25)28-21-20(16-7-6-14(24)12-18(16)23)17-4-2-3-5-19(17)29-22(21)27/h2-7,12,15H,8-11H2,1H3. The number of carbonyl (C=O) groups excluding carboxylic acids is 1. The molecule has 7 heteroatoms. The van der Waals surface area contributed by atoms with Crippen LogP contribution in [0.15, 0.2) is 51.7 Å². The Bertz CT molecular complexity index is 1140. The third-order valence-electron chi connectivity index (χ3n) is 5.14. The van der Waals surface area contributed by atoms with Gasteiger partial charge in [-0.15, -0.1) is 0 Å². The van der Waals surface area contributed by atoms with E-state index in [1.165, 1.54) is 25.1 Å². The van der Waals surface area contributed by atoms with Crippen molar-refractivity contribution in [3.8, 4) is 16.9 Å². The number of ether oxygens (including phenoxy) is 1. The van der Waals surface area contributed by atoms with Crippen LogP contribution in [0.25, 0.3) is 22.1 Å². The number of likely N-dealkylation sites (tertiary alicyclic amines) is 1. The van der Waals surface area contributed by atoms with Crippen LogP contribution in [0.4, 0.5) is 4.39 Å². The molecule has 2 aromatic carbocycles. The van der Waals surface area contributed by atoms with Crippen LogP contribution in [0.2, 0.25) is 5.02 Å². The zero-order valence-electron chi connectivity index (χ0n) is 15.8. The first-order chi connectivity index (χ1) is 13.9. The second-order valence-electron chi connectivity index (χ2n) is 7.04. The molecule has 0 aliphatic carbocycles. The second-order valence-corrected chi connectivity index (χ2v) is 7.44. The summed E-state index contributed by atoms with van der Waals surface area (Å²) < 4.78 is 25.2. The molecule has 1 aliphatic rings. The molecule has 0 unspecified atom stereocenters. The molecule has 0 spiro atoms. The van der Waals surface area contributed by atoms with E-state index >= 15 is 0 Å². The molecule has 3 aromatic rings. The highest BCUT2D eigenvalue weighted by Crippen LogP contribution is 2.39. The van der Waals surface area contributed by atoms with Crippen LogP contribution in [0.5, 0.6) is 5.75 Å². The van der Waals surface area contributed by atoms with Gasteiger partial charge in [-0.25, -0.2) is 9.18 Å². The summed E-state index contributed by atoms with van der Waals surface area (Å²) in [4.78, 5) is 26.1. The van der Waals surface area contributed by atoms with Crippen molar-refractivity contribution in [3.05, 3.63) is 63.7 Å². The lowest BCUT2D eigenvalue weighted by Crippen LogP contribution is -2.41. The van der Waals surface area contributed by atoms with E-state index in [0.717, 1.165) is 0 Å². The maximum absolute atomic E-state index is 13.6. The van der Waals surface area contributed by atoms with E-state index < -0.39 is 11.4 Å². The number of hydrogen-bond donors (Lipinski definition) is 0. The van der Waals surface area contributed by atoms with E-state index in [0.29, 0.717) is 48.0 Å². The number of nitrogens with zero attached hydrogens (tertiary/aromatic N) is 1. The number of benzene rings is 2. The summed E-state index contributed by atoms with van der Waals surface area (Å²) >= 11 is 6.31. The summed E-state index contributed by atoms with van der Waals surface area (Å²) in [6.45, 7) is 2.66. The van der Waals surface area contributed by atoms with Crippen LogP contribution in [-0.4, -0.2) is 30.0 Å². The van der Waals surface area contributed by atoms with Crippen molar-refractivity contribution in [2.75, 3.05) is 13.1 Å². The van der Waals surface area contributed by atoms with Crippen LogP contribution < -0.4 is 10.4 Å². The number of amides is 1. The Labute approximate surface area is 171 Å². The summed E-state index contributed by atoms with van der Waals surface area (Å²) in [5.41, 5.74) is 0.754. The van der Waals surface area contributed by atoms with Crippen molar-refractivity contribution in [3.63, 3.8) is 0 Å². The van der Waals surface area contributed by atoms with Gasteiger partial charge in [0.05, 0.1) is 5.02 Å². The van der Waals surface area contributed by atoms with Gasteiger partial charge in [0.2, 0.25) is 11.7 Å². The van der Waals surface area contributed by atoms with Gasteiger partial charge in [0.25, 0.3) is 0 Å². The predicted molar refractivity (Wildman–Crippen MR) is 109 cm³/mol. The molecule has 1 fully saturated rings. The minimum atomic E-state index is -0.618. The molecule has 2 heterocycles. The smallest absolute Gasteiger partial charge is 0.379 e. The molecular weight excluding hydrogens is 397 g/mol. The third-order valence-corrected chi connectivity index (χ3v) is 5.46. The Morgan fingerprint density at radius 3 is 2.62 bits per heavy atom. The average molecular weight is 416 g/mol. The number of piperidine rings is 1. The van der Waals surface area contributed by atoms with Crippen LogP contribution >= 0.6 is 11.6 Å². The van der Waals surface area contributed by atoms with Gasteiger partial charge in [0.15, 0.2) is 0 Å². The molecule has 0 radical (unpaired) electrons. The van der Waals surface area contributed by atoms with Crippen molar-refractivity contribution in [1.82, 2.24) is 4.90 Å². The van der Waals surface area contributed by atoms with Gasteiger partial charge in [-0.1, -0.05) is 29.8 Å². The van der Waals surface area contributed by atoms with E-state index in [1.807, 2.05) is 6.07 Å². The fourth-order valence-electron chi connectivity index (χ4n) is 3.65. The SMILES string of the molecule is CC(=O)N1CCC(Oc2c(-c3ccc(F)cc3Cl)c3ccccc3oc2=O)CC1. The number of hydrogen-bond acceptors (Lipinski definition) is 4. The Morgan fingerprint density at radius 1 is 1.21 bits per heavy atom. The molecular formula is C22H19ClFNO4. The van der Waals surface area contributed by atoms with Gasteiger partial charge in [-0.3, -0.25) is 4.79 Å². The summed E-state index contributed by atoms with van der Waals surface area (Å²) in [6.07, 6.45) is 0.956. The largest absolute Gasteiger partial charge is 0.483 e. The van der Waals surface area contributed by atoms with Crippen LogP contribution in [0.3, 0.4) is 0 Å². The molecule has 0 saturated carbocycles. The van der Waals surface area contributed by atoms with Gasteiger partial charge >= 0.3 is 5.63 Å². The van der Waals surface area contributed by atoms with Crippen molar-refractivity contribution >= 4 is 28.5 Å². The lowest BCUT2D eigenvalue weighted by molar-refractivity contribution is -0.130. The number of rotatable bonds is 3. The third kappa shape index (κ3) is 3.85. The van der Waals surface area contributed by atoms with Crippen molar-refractivity contribution in [1.29, 1.82) is 0 Å². The number of carbonyl (C=O) groups is 1. The maximum atomic E-state index is 13.6. The van der Waals surface area contributed by atoms with Gasteiger partial charge < -0.3 is 14.1 Å². The van der Waals surface area contributed by atoms with Crippen molar-refractivity contribution < 1.29 is 18.3 Å². The van der Waals surface area contributed by atoms with Gasteiger partial charge in [0.1, 0.15) is 17.5 Å². The van der Waals surface area contributed by atoms with E-state index in [9.17, 15) is 14.0 Å². The Morgan fingerprint density at radius 2 is 1.93 bits per heavy atom. The summed E-state index contributed by atoms with van der Waals surface area (Å²) in [6, 6.07) is 11.1. The van der Waals surface area contributed by atoms with Crippen molar-refractivity contribution in [2.45, 2.75) is 25.9 Å². The molecule has 0 N–H and O–H groups in total. The zero-order valence-corrected chi connectivity index (χ0v) is 16.5. The van der Waals surface area contributed by atoms with E-state index in [-0.39, 0.29) is 22.8 Å². The summed E-state index contributed by atoms with van der Waals surface area (Å²) in [5, 5.41) is 0.828. The van der Waals surface area contributed by atoms with Crippen molar-refractivity contribution in [2.24, 2.45) is 0 Å². The van der Waals surface area contributed by atoms with Crippen LogP contribution in [-0.2, 0) is 4.79 Å². The van der Waals surface area contributed by atoms with Gasteiger partial charge in [-0.2, -0.15) is 0 Å². The molecule has 5 nitrogen and oxygen atoms in total. The molecule has 1 saturated heterocycles. The molecule has 29 heavy (non-hydrogen) atoms. The van der Waals surface area contributed by atoms with Gasteiger partial charge in [-0.05, 0) is 24.3 Å². The summed E-state index contributed by atoms with van der Waals surface area (Å²) in [7, 11) is 0. The number of fused-ring (bicyclic) bond motifs is 1. The first kappa shape index (κ1) is 19.5. The lowest BCUT2D eigenvalue weighted by Gasteiger charge is -2.31.